The summed E-state index contributed by atoms with van der Waals surface area (Å²) in [6.45, 7) is 1.36. The monoisotopic (exact) mass is 463 g/mol. The minimum absolute atomic E-state index is 0.0246. The van der Waals surface area contributed by atoms with Gasteiger partial charge in [-0.3, -0.25) is 4.79 Å². The van der Waals surface area contributed by atoms with Crippen molar-refractivity contribution in [1.29, 1.82) is 0 Å². The predicted octanol–water partition coefficient (Wildman–Crippen LogP) is 2.76. The van der Waals surface area contributed by atoms with Crippen LogP contribution in [0.25, 0.3) is 16.0 Å². The topological polar surface area (TPSA) is 97.4 Å². The Balaban J connectivity index is 1.42. The van der Waals surface area contributed by atoms with Crippen LogP contribution in [0, 0.1) is 0 Å². The Bertz CT molecular complexity index is 1390. The third kappa shape index (κ3) is 3.68. The number of hydrogen-bond acceptors (Lipinski definition) is 7. The van der Waals surface area contributed by atoms with E-state index in [-0.39, 0.29) is 5.69 Å². The van der Waals surface area contributed by atoms with Gasteiger partial charge in [0.2, 0.25) is 5.91 Å². The molecule has 1 aliphatic heterocycles. The molecule has 9 nitrogen and oxygen atoms in total. The fourth-order valence-corrected chi connectivity index (χ4v) is 4.63. The normalized spacial score (nSPS) is 14.5. The number of anilines is 2. The lowest BCUT2D eigenvalue weighted by molar-refractivity contribution is -0.137. The maximum Gasteiger partial charge on any atom is 0.416 e. The van der Waals surface area contributed by atoms with Crippen molar-refractivity contribution in [3.63, 3.8) is 0 Å². The molecule has 1 N–H and O–H groups in total. The molecule has 3 aromatic heterocycles. The van der Waals surface area contributed by atoms with Gasteiger partial charge in [-0.2, -0.15) is 18.2 Å². The summed E-state index contributed by atoms with van der Waals surface area (Å²) >= 11 is 1.38. The predicted molar refractivity (Wildman–Crippen MR) is 112 cm³/mol. The van der Waals surface area contributed by atoms with Crippen molar-refractivity contribution in [1.82, 2.24) is 24.1 Å². The second kappa shape index (κ2) is 7.58. The van der Waals surface area contributed by atoms with Gasteiger partial charge in [0.05, 0.1) is 5.56 Å². The van der Waals surface area contributed by atoms with Gasteiger partial charge in [-0.25, -0.2) is 18.9 Å². The summed E-state index contributed by atoms with van der Waals surface area (Å²) in [4.78, 5) is 36.0. The molecule has 0 saturated carbocycles. The van der Waals surface area contributed by atoms with Crippen LogP contribution >= 0.6 is 11.3 Å². The van der Waals surface area contributed by atoms with Crippen molar-refractivity contribution < 1.29 is 18.0 Å². The Morgan fingerprint density at radius 3 is 2.75 bits per heavy atom. The van der Waals surface area contributed by atoms with E-state index < -0.39 is 29.9 Å². The van der Waals surface area contributed by atoms with Crippen molar-refractivity contribution in [2.75, 3.05) is 23.3 Å². The van der Waals surface area contributed by atoms with E-state index >= 15 is 0 Å². The molecule has 32 heavy (non-hydrogen) atoms. The average molecular weight is 463 g/mol. The number of amides is 1. The highest BCUT2D eigenvalue weighted by molar-refractivity contribution is 7.22. The van der Waals surface area contributed by atoms with Crippen molar-refractivity contribution in [2.45, 2.75) is 25.6 Å². The number of carbonyl (C=O) groups excluding carboxylic acids is 1. The zero-order chi connectivity index (χ0) is 22.5. The van der Waals surface area contributed by atoms with E-state index in [0.717, 1.165) is 47.9 Å². The van der Waals surface area contributed by atoms with Crippen LogP contribution in [0.3, 0.4) is 0 Å². The summed E-state index contributed by atoms with van der Waals surface area (Å²) in [5.74, 6) is -0.680. The molecule has 5 rings (SSSR count). The number of aromatic nitrogens is 5. The molecule has 0 atom stereocenters. The molecule has 4 aromatic rings. The maximum absolute atomic E-state index is 12.9. The molecule has 1 fully saturated rings. The maximum atomic E-state index is 12.9. The van der Waals surface area contributed by atoms with E-state index in [0.29, 0.717) is 16.0 Å². The fourth-order valence-electron chi connectivity index (χ4n) is 3.58. The molecule has 4 heterocycles. The molecule has 1 amide bonds. The number of thiazole rings is 1. The first-order chi connectivity index (χ1) is 15.3. The van der Waals surface area contributed by atoms with Crippen LogP contribution in [-0.4, -0.2) is 43.1 Å². The largest absolute Gasteiger partial charge is 0.416 e. The summed E-state index contributed by atoms with van der Waals surface area (Å²) in [7, 11) is 0. The Morgan fingerprint density at radius 1 is 1.22 bits per heavy atom. The molecule has 0 radical (unpaired) electrons. The highest BCUT2D eigenvalue weighted by atomic mass is 32.1. The van der Waals surface area contributed by atoms with Crippen molar-refractivity contribution in [3.8, 4) is 0 Å². The number of carbonyl (C=O) groups is 1. The summed E-state index contributed by atoms with van der Waals surface area (Å²) in [5.41, 5.74) is -0.689. The molecule has 1 saturated heterocycles. The highest BCUT2D eigenvalue weighted by Gasteiger charge is 2.30. The lowest BCUT2D eigenvalue weighted by Gasteiger charge is -2.11. The molecule has 0 aliphatic carbocycles. The Hall–Kier alpha value is -3.48. The Morgan fingerprint density at radius 2 is 2.00 bits per heavy atom. The van der Waals surface area contributed by atoms with E-state index in [2.05, 4.69) is 25.3 Å². The minimum atomic E-state index is -4.53. The smallest absolute Gasteiger partial charge is 0.348 e. The SMILES string of the molecule is O=C(Cn1nc2c3sc(N4CCCC4)nc3ncn2c1=O)Nc1cccc(C(F)(F)F)c1. The van der Waals surface area contributed by atoms with Gasteiger partial charge in [0, 0.05) is 18.8 Å². The number of benzene rings is 1. The molecule has 1 aromatic carbocycles. The quantitative estimate of drug-likeness (QED) is 0.500. The molecule has 0 unspecified atom stereocenters. The van der Waals surface area contributed by atoms with Crippen molar-refractivity contribution in [2.24, 2.45) is 0 Å². The van der Waals surface area contributed by atoms with Gasteiger partial charge in [-0.15, -0.1) is 5.10 Å². The zero-order valence-electron chi connectivity index (χ0n) is 16.5. The third-order valence-electron chi connectivity index (χ3n) is 5.11. The third-order valence-corrected chi connectivity index (χ3v) is 6.21. The summed E-state index contributed by atoms with van der Waals surface area (Å²) < 4.78 is 41.4. The lowest BCUT2D eigenvalue weighted by Crippen LogP contribution is -2.28. The van der Waals surface area contributed by atoms with Crippen molar-refractivity contribution in [3.05, 3.63) is 46.6 Å². The summed E-state index contributed by atoms with van der Waals surface area (Å²) in [6.07, 6.45) is -1.04. The van der Waals surface area contributed by atoms with Crippen molar-refractivity contribution >= 4 is 44.1 Å². The van der Waals surface area contributed by atoms with Gasteiger partial charge in [-0.05, 0) is 31.0 Å². The fraction of sp³-hybridized carbons (Fsp3) is 0.316. The molecule has 13 heteroatoms. The van der Waals surface area contributed by atoms with Crippen LogP contribution in [0.2, 0.25) is 0 Å². The zero-order valence-corrected chi connectivity index (χ0v) is 17.3. The molecule has 166 valence electrons. The second-order valence-corrected chi connectivity index (χ2v) is 8.33. The molecular formula is C19H16F3N7O2S. The van der Waals surface area contributed by atoms with E-state index in [9.17, 15) is 22.8 Å². The van der Waals surface area contributed by atoms with E-state index in [1.807, 2.05) is 0 Å². The Kier molecular flexibility index (Phi) is 4.84. The minimum Gasteiger partial charge on any atom is -0.348 e. The molecule has 1 aliphatic rings. The lowest BCUT2D eigenvalue weighted by atomic mass is 10.2. The van der Waals surface area contributed by atoms with Crippen LogP contribution < -0.4 is 15.9 Å². The molecule has 0 bridgehead atoms. The van der Waals surface area contributed by atoms with Crippen LogP contribution in [0.1, 0.15) is 18.4 Å². The van der Waals surface area contributed by atoms with Crippen LogP contribution in [0.15, 0.2) is 35.4 Å². The Labute approximate surface area is 182 Å². The number of nitrogens with zero attached hydrogens (tertiary/aromatic N) is 6. The van der Waals surface area contributed by atoms with Gasteiger partial charge in [0.15, 0.2) is 16.4 Å². The number of nitrogens with one attached hydrogen (secondary N) is 1. The van der Waals surface area contributed by atoms with Gasteiger partial charge in [-0.1, -0.05) is 17.4 Å². The number of alkyl halides is 3. The highest BCUT2D eigenvalue weighted by Crippen LogP contribution is 2.32. The standard InChI is InChI=1S/C19H16F3N7O2S/c20-19(21,22)11-4-3-5-12(8-11)24-13(30)9-29-18(31)28-10-23-15-14(16(28)26-29)32-17(25-15)27-6-1-2-7-27/h3-5,8,10H,1-2,6-7,9H2,(H,24,30). The summed E-state index contributed by atoms with van der Waals surface area (Å²) in [5, 5.41) is 7.44. The van der Waals surface area contributed by atoms with Gasteiger partial charge < -0.3 is 10.2 Å². The van der Waals surface area contributed by atoms with Crippen LogP contribution in [-0.2, 0) is 17.5 Å². The molecular weight excluding hydrogens is 447 g/mol. The number of fused-ring (bicyclic) bond motifs is 3. The first-order valence-corrected chi connectivity index (χ1v) is 10.6. The average Bonchev–Trinajstić information content (AvgIpc) is 3.47. The van der Waals surface area contributed by atoms with Gasteiger partial charge in [0.1, 0.15) is 17.6 Å². The van der Waals surface area contributed by atoms with E-state index in [1.54, 1.807) is 0 Å². The number of halogens is 3. The van der Waals surface area contributed by atoms with E-state index in [1.165, 1.54) is 34.2 Å². The number of hydrogen-bond donors (Lipinski definition) is 1. The van der Waals surface area contributed by atoms with E-state index in [4.69, 9.17) is 0 Å². The van der Waals surface area contributed by atoms with Gasteiger partial charge in [0.25, 0.3) is 0 Å². The van der Waals surface area contributed by atoms with Crippen LogP contribution in [0.5, 0.6) is 0 Å². The number of rotatable bonds is 4. The van der Waals surface area contributed by atoms with Gasteiger partial charge >= 0.3 is 11.9 Å². The summed E-state index contributed by atoms with van der Waals surface area (Å²) in [6, 6.07) is 4.27. The molecule has 0 spiro atoms. The second-order valence-electron chi connectivity index (χ2n) is 7.35. The van der Waals surface area contributed by atoms with Crippen LogP contribution in [0.4, 0.5) is 24.0 Å². The first-order valence-electron chi connectivity index (χ1n) is 9.76. The first kappa shape index (κ1) is 20.4.